The zero-order valence-electron chi connectivity index (χ0n) is 8.62. The lowest BCUT2D eigenvalue weighted by molar-refractivity contribution is 0.111. The first-order valence-corrected chi connectivity index (χ1v) is 4.55. The summed E-state index contributed by atoms with van der Waals surface area (Å²) in [5, 5.41) is 6.98. The second-order valence-corrected chi connectivity index (χ2v) is 3.29. The Morgan fingerprint density at radius 1 is 1.24 bits per heavy atom. The molecule has 1 aromatic carbocycles. The lowest BCUT2D eigenvalue weighted by Gasteiger charge is -2.04. The highest BCUT2D eigenvalue weighted by atomic mass is 19.2. The minimum absolute atomic E-state index is 0.00333. The van der Waals surface area contributed by atoms with Crippen molar-refractivity contribution >= 4 is 6.29 Å². The Morgan fingerprint density at radius 3 is 2.59 bits per heavy atom. The van der Waals surface area contributed by atoms with E-state index >= 15 is 0 Å². The molecule has 1 aromatic heterocycles. The fourth-order valence-corrected chi connectivity index (χ4v) is 1.47. The topological polar surface area (TPSA) is 47.8 Å². The van der Waals surface area contributed by atoms with Crippen LogP contribution in [0, 0.1) is 17.5 Å². The lowest BCUT2D eigenvalue weighted by Crippen LogP contribution is -2.00. The number of aromatic nitrogens is 3. The molecule has 7 heteroatoms. The van der Waals surface area contributed by atoms with Crippen molar-refractivity contribution < 1.29 is 18.0 Å². The van der Waals surface area contributed by atoms with Gasteiger partial charge >= 0.3 is 0 Å². The van der Waals surface area contributed by atoms with Crippen LogP contribution in [0.25, 0.3) is 11.3 Å². The van der Waals surface area contributed by atoms with Gasteiger partial charge in [0.25, 0.3) is 0 Å². The molecule has 0 aliphatic rings. The van der Waals surface area contributed by atoms with Gasteiger partial charge in [0.05, 0.1) is 0 Å². The van der Waals surface area contributed by atoms with Gasteiger partial charge in [-0.25, -0.2) is 17.9 Å². The molecule has 0 aliphatic carbocycles. The van der Waals surface area contributed by atoms with Crippen LogP contribution in [0.3, 0.4) is 0 Å². The monoisotopic (exact) mass is 241 g/mol. The summed E-state index contributed by atoms with van der Waals surface area (Å²) >= 11 is 0. The number of aldehydes is 1. The summed E-state index contributed by atoms with van der Waals surface area (Å²) in [4.78, 5) is 10.7. The van der Waals surface area contributed by atoms with Crippen molar-refractivity contribution in [2.24, 2.45) is 7.05 Å². The molecule has 2 rings (SSSR count). The van der Waals surface area contributed by atoms with Gasteiger partial charge in [-0.2, -0.15) is 0 Å². The second-order valence-electron chi connectivity index (χ2n) is 3.29. The van der Waals surface area contributed by atoms with Crippen LogP contribution < -0.4 is 0 Å². The first-order chi connectivity index (χ1) is 8.06. The minimum atomic E-state index is -1.60. The number of carbonyl (C=O) groups is 1. The molecule has 17 heavy (non-hydrogen) atoms. The van der Waals surface area contributed by atoms with Crippen LogP contribution >= 0.6 is 0 Å². The molecular weight excluding hydrogens is 235 g/mol. The number of nitrogens with zero attached hydrogens (tertiary/aromatic N) is 3. The third-order valence-electron chi connectivity index (χ3n) is 2.25. The van der Waals surface area contributed by atoms with Gasteiger partial charge in [-0.05, 0) is 12.1 Å². The molecule has 0 N–H and O–H groups in total. The number of hydrogen-bond acceptors (Lipinski definition) is 3. The lowest BCUT2D eigenvalue weighted by atomic mass is 10.1. The number of aryl methyl sites for hydroxylation is 1. The SMILES string of the molecule is Cn1nnc(C=O)c1-c1ccc(F)c(F)c1F. The van der Waals surface area contributed by atoms with Gasteiger partial charge in [-0.1, -0.05) is 5.21 Å². The van der Waals surface area contributed by atoms with Gasteiger partial charge in [0.2, 0.25) is 0 Å². The van der Waals surface area contributed by atoms with E-state index in [4.69, 9.17) is 0 Å². The molecule has 1 heterocycles. The van der Waals surface area contributed by atoms with Crippen LogP contribution in [0.1, 0.15) is 10.5 Å². The predicted octanol–water partition coefficient (Wildman–Crippen LogP) is 1.71. The van der Waals surface area contributed by atoms with Crippen molar-refractivity contribution in [3.8, 4) is 11.3 Å². The molecule has 0 bridgehead atoms. The molecule has 0 aliphatic heterocycles. The first-order valence-electron chi connectivity index (χ1n) is 4.55. The highest BCUT2D eigenvalue weighted by molar-refractivity contribution is 5.83. The second kappa shape index (κ2) is 4.00. The maximum Gasteiger partial charge on any atom is 0.195 e. The van der Waals surface area contributed by atoms with E-state index in [1.807, 2.05) is 0 Å². The van der Waals surface area contributed by atoms with E-state index in [0.717, 1.165) is 16.8 Å². The van der Waals surface area contributed by atoms with Crippen LogP contribution in [0.5, 0.6) is 0 Å². The summed E-state index contributed by atoms with van der Waals surface area (Å²) in [6, 6.07) is 1.80. The van der Waals surface area contributed by atoms with E-state index in [-0.39, 0.29) is 17.0 Å². The predicted molar refractivity (Wildman–Crippen MR) is 51.7 cm³/mol. The average molecular weight is 241 g/mol. The molecule has 0 atom stereocenters. The van der Waals surface area contributed by atoms with E-state index in [9.17, 15) is 18.0 Å². The molecule has 2 aromatic rings. The molecule has 0 amide bonds. The Balaban J connectivity index is 2.73. The van der Waals surface area contributed by atoms with Crippen LogP contribution in [0.15, 0.2) is 12.1 Å². The summed E-state index contributed by atoms with van der Waals surface area (Å²) in [6.45, 7) is 0. The van der Waals surface area contributed by atoms with Crippen LogP contribution in [0.4, 0.5) is 13.2 Å². The molecule has 0 unspecified atom stereocenters. The van der Waals surface area contributed by atoms with Gasteiger partial charge in [0.1, 0.15) is 5.69 Å². The van der Waals surface area contributed by atoms with Crippen LogP contribution in [-0.4, -0.2) is 21.3 Å². The van der Waals surface area contributed by atoms with E-state index in [0.29, 0.717) is 6.29 Å². The normalized spacial score (nSPS) is 10.6. The largest absolute Gasteiger partial charge is 0.296 e. The van der Waals surface area contributed by atoms with Crippen molar-refractivity contribution in [2.45, 2.75) is 0 Å². The molecule has 88 valence electrons. The molecule has 0 saturated carbocycles. The van der Waals surface area contributed by atoms with Gasteiger partial charge in [0, 0.05) is 12.6 Å². The number of rotatable bonds is 2. The summed E-state index contributed by atoms with van der Waals surface area (Å²) in [5.41, 5.74) is -0.410. The van der Waals surface area contributed by atoms with Gasteiger partial charge in [-0.15, -0.1) is 5.10 Å². The van der Waals surface area contributed by atoms with Gasteiger partial charge in [0.15, 0.2) is 29.4 Å². The molecular formula is C10H6F3N3O. The quantitative estimate of drug-likeness (QED) is 0.594. The zero-order chi connectivity index (χ0) is 12.6. The standard InChI is InChI=1S/C10H6F3N3O/c1-16-10(7(4-17)14-15-16)5-2-3-6(11)9(13)8(5)12/h2-4H,1H3. The number of hydrogen-bond donors (Lipinski definition) is 0. The summed E-state index contributed by atoms with van der Waals surface area (Å²) in [7, 11) is 1.41. The summed E-state index contributed by atoms with van der Waals surface area (Å²) in [6.07, 6.45) is 0.364. The zero-order valence-corrected chi connectivity index (χ0v) is 8.62. The Morgan fingerprint density at radius 2 is 1.94 bits per heavy atom. The summed E-state index contributed by atoms with van der Waals surface area (Å²) < 4.78 is 40.5. The van der Waals surface area contributed by atoms with E-state index in [2.05, 4.69) is 10.3 Å². The first kappa shape index (κ1) is 11.3. The fraction of sp³-hybridized carbons (Fsp3) is 0.100. The highest BCUT2D eigenvalue weighted by Gasteiger charge is 2.20. The minimum Gasteiger partial charge on any atom is -0.296 e. The molecule has 4 nitrogen and oxygen atoms in total. The van der Waals surface area contributed by atoms with Crippen LogP contribution in [0.2, 0.25) is 0 Å². The van der Waals surface area contributed by atoms with Crippen molar-refractivity contribution in [3.05, 3.63) is 35.3 Å². The molecule has 0 saturated heterocycles. The molecule has 0 fully saturated rings. The maximum absolute atomic E-state index is 13.5. The Kier molecular flexibility index (Phi) is 2.66. The van der Waals surface area contributed by atoms with Crippen molar-refractivity contribution in [2.75, 3.05) is 0 Å². The van der Waals surface area contributed by atoms with Gasteiger partial charge < -0.3 is 0 Å². The van der Waals surface area contributed by atoms with Crippen molar-refractivity contribution in [3.63, 3.8) is 0 Å². The van der Waals surface area contributed by atoms with E-state index < -0.39 is 17.5 Å². The maximum atomic E-state index is 13.5. The summed E-state index contributed by atoms with van der Waals surface area (Å²) in [5.74, 6) is -4.27. The van der Waals surface area contributed by atoms with Crippen molar-refractivity contribution in [1.29, 1.82) is 0 Å². The van der Waals surface area contributed by atoms with Crippen LogP contribution in [-0.2, 0) is 7.05 Å². The third-order valence-corrected chi connectivity index (χ3v) is 2.25. The van der Waals surface area contributed by atoms with Gasteiger partial charge in [-0.3, -0.25) is 4.79 Å². The number of halogens is 3. The smallest absolute Gasteiger partial charge is 0.195 e. The number of benzene rings is 1. The highest BCUT2D eigenvalue weighted by Crippen LogP contribution is 2.26. The fourth-order valence-electron chi connectivity index (χ4n) is 1.47. The third kappa shape index (κ3) is 1.69. The Bertz CT molecular complexity index is 595. The Labute approximate surface area is 93.7 Å². The molecule has 0 radical (unpaired) electrons. The number of carbonyl (C=O) groups excluding carboxylic acids is 1. The van der Waals surface area contributed by atoms with E-state index in [1.165, 1.54) is 7.05 Å². The van der Waals surface area contributed by atoms with Crippen molar-refractivity contribution in [1.82, 2.24) is 15.0 Å². The molecule has 0 spiro atoms. The van der Waals surface area contributed by atoms with E-state index in [1.54, 1.807) is 0 Å². The average Bonchev–Trinajstić information content (AvgIpc) is 2.68. The Hall–Kier alpha value is -2.18.